The van der Waals surface area contributed by atoms with Gasteiger partial charge in [-0.05, 0) is 41.8 Å². The predicted molar refractivity (Wildman–Crippen MR) is 82.7 cm³/mol. The zero-order valence-electron chi connectivity index (χ0n) is 11.7. The Morgan fingerprint density at radius 3 is 2.60 bits per heavy atom. The average Bonchev–Trinajstić information content (AvgIpc) is 2.38. The second-order valence-electron chi connectivity index (χ2n) is 4.61. The monoisotopic (exact) mass is 271 g/mol. The number of urea groups is 1. The third kappa shape index (κ3) is 5.44. The highest BCUT2D eigenvalue weighted by Crippen LogP contribution is 2.23. The van der Waals surface area contributed by atoms with Gasteiger partial charge in [-0.3, -0.25) is 0 Å². The number of amides is 2. The summed E-state index contributed by atoms with van der Waals surface area (Å²) in [4.78, 5) is 10.8. The van der Waals surface area contributed by atoms with Crippen molar-refractivity contribution in [2.45, 2.75) is 19.3 Å². The van der Waals surface area contributed by atoms with E-state index in [2.05, 4.69) is 31.0 Å². The minimum Gasteiger partial charge on any atom is -0.405 e. The van der Waals surface area contributed by atoms with Gasteiger partial charge in [-0.2, -0.15) is 0 Å². The van der Waals surface area contributed by atoms with E-state index >= 15 is 0 Å². The van der Waals surface area contributed by atoms with E-state index in [4.69, 9.17) is 11.5 Å². The largest absolute Gasteiger partial charge is 0.405 e. The molecule has 0 saturated carbocycles. The van der Waals surface area contributed by atoms with E-state index in [1.165, 1.54) is 11.8 Å². The fourth-order valence-corrected chi connectivity index (χ4v) is 1.97. The molecule has 0 bridgehead atoms. The first-order chi connectivity index (χ1) is 9.52. The van der Waals surface area contributed by atoms with Gasteiger partial charge in [0, 0.05) is 5.70 Å². The number of carbonyl (C=O) groups is 1. The van der Waals surface area contributed by atoms with Crippen LogP contribution in [-0.4, -0.2) is 6.03 Å². The number of allylic oxidation sites excluding steroid dienone is 3. The van der Waals surface area contributed by atoms with Crippen molar-refractivity contribution in [3.05, 3.63) is 72.1 Å². The number of benzene rings is 1. The molecule has 1 unspecified atom stereocenters. The third-order valence-electron chi connectivity index (χ3n) is 2.86. The molecular formula is C16H21N3O. The van der Waals surface area contributed by atoms with Crippen LogP contribution < -0.4 is 16.8 Å². The van der Waals surface area contributed by atoms with Crippen LogP contribution >= 0.6 is 0 Å². The summed E-state index contributed by atoms with van der Waals surface area (Å²) in [6.07, 6.45) is 5.83. The standard InChI is InChI=1S/C16H21N3O/c1-12(15-6-4-3-5-7-15)10-14(8-9-17)11-13(2)19-16(18)20/h3-9,11-12H,2,10,17H2,1H3,(H3,18,19,20)/b9-8-,14-11+. The molecule has 20 heavy (non-hydrogen) atoms. The number of hydrogen-bond acceptors (Lipinski definition) is 2. The molecule has 0 spiro atoms. The second-order valence-corrected chi connectivity index (χ2v) is 4.61. The fraction of sp³-hybridized carbons (Fsp3) is 0.188. The number of nitrogens with one attached hydrogen (secondary N) is 1. The number of carbonyl (C=O) groups excluding carboxylic acids is 1. The van der Waals surface area contributed by atoms with Crippen molar-refractivity contribution in [3.63, 3.8) is 0 Å². The van der Waals surface area contributed by atoms with Gasteiger partial charge in [-0.25, -0.2) is 4.79 Å². The van der Waals surface area contributed by atoms with Crippen LogP contribution in [0.2, 0.25) is 0 Å². The molecule has 0 aliphatic rings. The molecule has 1 aromatic rings. The fourth-order valence-electron chi connectivity index (χ4n) is 1.97. The molecule has 0 aliphatic heterocycles. The van der Waals surface area contributed by atoms with Gasteiger partial charge >= 0.3 is 6.03 Å². The minimum absolute atomic E-state index is 0.333. The van der Waals surface area contributed by atoms with Crippen LogP contribution in [0.5, 0.6) is 0 Å². The molecule has 5 N–H and O–H groups in total. The predicted octanol–water partition coefficient (Wildman–Crippen LogP) is 2.76. The van der Waals surface area contributed by atoms with Crippen molar-refractivity contribution in [2.75, 3.05) is 0 Å². The van der Waals surface area contributed by atoms with Gasteiger partial charge in [0.15, 0.2) is 0 Å². The molecule has 0 radical (unpaired) electrons. The maximum absolute atomic E-state index is 10.8. The summed E-state index contributed by atoms with van der Waals surface area (Å²) in [6.45, 7) is 5.87. The molecule has 1 rings (SSSR count). The quantitative estimate of drug-likeness (QED) is 0.695. The summed E-state index contributed by atoms with van der Waals surface area (Å²) >= 11 is 0. The molecule has 0 aromatic heterocycles. The lowest BCUT2D eigenvalue weighted by molar-refractivity contribution is 0.251. The van der Waals surface area contributed by atoms with Crippen molar-refractivity contribution in [3.8, 4) is 0 Å². The third-order valence-corrected chi connectivity index (χ3v) is 2.86. The van der Waals surface area contributed by atoms with Crippen LogP contribution in [0.1, 0.15) is 24.8 Å². The number of hydrogen-bond donors (Lipinski definition) is 3. The van der Waals surface area contributed by atoms with Gasteiger partial charge in [0.2, 0.25) is 0 Å². The maximum atomic E-state index is 10.8. The van der Waals surface area contributed by atoms with Crippen LogP contribution in [0.3, 0.4) is 0 Å². The van der Waals surface area contributed by atoms with Crippen LogP contribution in [0.25, 0.3) is 0 Å². The normalized spacial score (nSPS) is 13.2. The van der Waals surface area contributed by atoms with E-state index in [1.807, 2.05) is 18.2 Å². The Labute approximate surface area is 119 Å². The zero-order chi connectivity index (χ0) is 15.0. The molecule has 4 heteroatoms. The van der Waals surface area contributed by atoms with Crippen LogP contribution in [0.15, 0.2) is 66.5 Å². The Kier molecular flexibility index (Phi) is 6.10. The summed E-state index contributed by atoms with van der Waals surface area (Å²) < 4.78 is 0. The lowest BCUT2D eigenvalue weighted by Gasteiger charge is -2.13. The first-order valence-electron chi connectivity index (χ1n) is 6.42. The Bertz CT molecular complexity index is 518. The molecule has 106 valence electrons. The molecule has 1 aromatic carbocycles. The molecule has 4 nitrogen and oxygen atoms in total. The molecule has 1 atom stereocenters. The summed E-state index contributed by atoms with van der Waals surface area (Å²) in [5.41, 5.74) is 13.2. The van der Waals surface area contributed by atoms with Crippen molar-refractivity contribution >= 4 is 6.03 Å². The highest BCUT2D eigenvalue weighted by atomic mass is 16.2. The topological polar surface area (TPSA) is 81.1 Å². The van der Waals surface area contributed by atoms with Crippen molar-refractivity contribution in [1.29, 1.82) is 0 Å². The van der Waals surface area contributed by atoms with Crippen molar-refractivity contribution < 1.29 is 4.79 Å². The summed E-state index contributed by atoms with van der Waals surface area (Å²) in [5.74, 6) is 0.333. The van der Waals surface area contributed by atoms with Crippen LogP contribution in [0, 0.1) is 0 Å². The van der Waals surface area contributed by atoms with Crippen molar-refractivity contribution in [1.82, 2.24) is 5.32 Å². The van der Waals surface area contributed by atoms with Gasteiger partial charge in [0.05, 0.1) is 0 Å². The molecule has 0 heterocycles. The van der Waals surface area contributed by atoms with Crippen molar-refractivity contribution in [2.24, 2.45) is 11.5 Å². The van der Waals surface area contributed by atoms with E-state index in [0.29, 0.717) is 11.6 Å². The van der Waals surface area contributed by atoms with E-state index in [-0.39, 0.29) is 0 Å². The van der Waals surface area contributed by atoms with E-state index in [9.17, 15) is 4.79 Å². The smallest absolute Gasteiger partial charge is 0.316 e. The first-order valence-corrected chi connectivity index (χ1v) is 6.42. The van der Waals surface area contributed by atoms with Gasteiger partial charge < -0.3 is 16.8 Å². The minimum atomic E-state index is -0.626. The lowest BCUT2D eigenvalue weighted by Crippen LogP contribution is -2.27. The van der Waals surface area contributed by atoms with E-state index in [0.717, 1.165) is 12.0 Å². The van der Waals surface area contributed by atoms with Crippen LogP contribution in [-0.2, 0) is 0 Å². The molecule has 0 aliphatic carbocycles. The zero-order valence-corrected chi connectivity index (χ0v) is 11.7. The van der Waals surface area contributed by atoms with Gasteiger partial charge in [0.1, 0.15) is 0 Å². The van der Waals surface area contributed by atoms with E-state index < -0.39 is 6.03 Å². The lowest BCUT2D eigenvalue weighted by atomic mass is 9.93. The molecule has 2 amide bonds. The molecule has 0 fully saturated rings. The van der Waals surface area contributed by atoms with E-state index in [1.54, 1.807) is 12.2 Å². The molecular weight excluding hydrogens is 250 g/mol. The second kappa shape index (κ2) is 7.84. The maximum Gasteiger partial charge on any atom is 0.316 e. The summed E-state index contributed by atoms with van der Waals surface area (Å²) in [6, 6.07) is 9.57. The Morgan fingerprint density at radius 2 is 2.05 bits per heavy atom. The van der Waals surface area contributed by atoms with Gasteiger partial charge in [0.25, 0.3) is 0 Å². The number of primary amides is 1. The SMILES string of the molecule is C=C(/C=C(\C=C/N)CC(C)c1ccccc1)NC(N)=O. The van der Waals surface area contributed by atoms with Gasteiger partial charge in [-0.15, -0.1) is 0 Å². The summed E-state index contributed by atoms with van der Waals surface area (Å²) in [7, 11) is 0. The van der Waals surface area contributed by atoms with Crippen LogP contribution in [0.4, 0.5) is 4.79 Å². The Morgan fingerprint density at radius 1 is 1.40 bits per heavy atom. The average molecular weight is 271 g/mol. The summed E-state index contributed by atoms with van der Waals surface area (Å²) in [5, 5.41) is 2.44. The number of rotatable bonds is 6. The number of nitrogens with two attached hydrogens (primary N) is 2. The Hall–Kier alpha value is -2.49. The first kappa shape index (κ1) is 15.6. The van der Waals surface area contributed by atoms with Gasteiger partial charge in [-0.1, -0.05) is 43.8 Å². The highest BCUT2D eigenvalue weighted by Gasteiger charge is 2.07. The Balaban J connectivity index is 2.79. The molecule has 0 saturated heterocycles. The highest BCUT2D eigenvalue weighted by molar-refractivity contribution is 5.74.